The van der Waals surface area contributed by atoms with Crippen LogP contribution < -0.4 is 5.32 Å². The van der Waals surface area contributed by atoms with E-state index in [9.17, 15) is 4.79 Å². The van der Waals surface area contributed by atoms with Crippen LogP contribution in [0.4, 0.5) is 5.69 Å². The van der Waals surface area contributed by atoms with E-state index >= 15 is 0 Å². The normalized spacial score (nSPS) is 10.7. The summed E-state index contributed by atoms with van der Waals surface area (Å²) in [6.07, 6.45) is 1.98. The van der Waals surface area contributed by atoms with Crippen molar-refractivity contribution in [1.82, 2.24) is 9.55 Å². The van der Waals surface area contributed by atoms with E-state index in [2.05, 4.69) is 5.32 Å². The van der Waals surface area contributed by atoms with Gasteiger partial charge in [-0.2, -0.15) is 0 Å². The molecular formula is C23H17Cl2N3OS. The van der Waals surface area contributed by atoms with E-state index in [1.807, 2.05) is 71.4 Å². The molecule has 3 aromatic carbocycles. The summed E-state index contributed by atoms with van der Waals surface area (Å²) >= 11 is 13.5. The molecule has 1 N–H and O–H groups in total. The molecule has 0 spiro atoms. The molecule has 0 aliphatic rings. The lowest BCUT2D eigenvalue weighted by atomic mass is 10.2. The number of para-hydroxylation sites is 1. The zero-order chi connectivity index (χ0) is 20.9. The van der Waals surface area contributed by atoms with Crippen molar-refractivity contribution in [2.75, 3.05) is 11.1 Å². The first-order chi connectivity index (χ1) is 14.6. The molecule has 30 heavy (non-hydrogen) atoms. The minimum atomic E-state index is -0.187. The Hall–Kier alpha value is -2.73. The summed E-state index contributed by atoms with van der Waals surface area (Å²) in [5, 5.41) is 4.48. The highest BCUT2D eigenvalue weighted by atomic mass is 35.5. The molecule has 0 radical (unpaired) electrons. The van der Waals surface area contributed by atoms with Gasteiger partial charge in [0.2, 0.25) is 5.91 Å². The van der Waals surface area contributed by atoms with Gasteiger partial charge in [0.25, 0.3) is 0 Å². The number of nitrogens with one attached hydrogen (secondary N) is 1. The highest BCUT2D eigenvalue weighted by molar-refractivity contribution is 7.99. The maximum atomic E-state index is 12.5. The Labute approximate surface area is 188 Å². The van der Waals surface area contributed by atoms with Crippen LogP contribution in [0.1, 0.15) is 0 Å². The van der Waals surface area contributed by atoms with Crippen molar-refractivity contribution >= 4 is 46.6 Å². The van der Waals surface area contributed by atoms with Gasteiger partial charge in [-0.3, -0.25) is 9.36 Å². The van der Waals surface area contributed by atoms with Crippen molar-refractivity contribution in [3.63, 3.8) is 0 Å². The zero-order valence-corrected chi connectivity index (χ0v) is 18.1. The number of nitrogens with zero attached hydrogens (tertiary/aromatic N) is 2. The van der Waals surface area contributed by atoms with E-state index in [1.54, 1.807) is 18.2 Å². The molecule has 150 valence electrons. The number of imidazole rings is 1. The van der Waals surface area contributed by atoms with Crippen LogP contribution in [-0.4, -0.2) is 21.2 Å². The highest BCUT2D eigenvalue weighted by Gasteiger charge is 2.14. The molecule has 4 aromatic rings. The number of thioether (sulfide) groups is 1. The van der Waals surface area contributed by atoms with Gasteiger partial charge in [-0.25, -0.2) is 4.98 Å². The van der Waals surface area contributed by atoms with Crippen LogP contribution in [0.15, 0.2) is 90.2 Å². The molecule has 4 nitrogen and oxygen atoms in total. The van der Waals surface area contributed by atoms with Crippen molar-refractivity contribution in [3.8, 4) is 16.9 Å². The van der Waals surface area contributed by atoms with Crippen LogP contribution in [0.3, 0.4) is 0 Å². The molecule has 0 saturated carbocycles. The number of rotatable bonds is 6. The molecule has 1 amide bonds. The van der Waals surface area contributed by atoms with Gasteiger partial charge in [0.15, 0.2) is 5.16 Å². The monoisotopic (exact) mass is 453 g/mol. The molecule has 0 aliphatic heterocycles. The van der Waals surface area contributed by atoms with Crippen LogP contribution >= 0.6 is 35.0 Å². The maximum Gasteiger partial charge on any atom is 0.234 e. The first-order valence-electron chi connectivity index (χ1n) is 9.18. The summed E-state index contributed by atoms with van der Waals surface area (Å²) in [5.41, 5.74) is 3.34. The second-order valence-electron chi connectivity index (χ2n) is 6.44. The van der Waals surface area contributed by atoms with Crippen molar-refractivity contribution in [2.45, 2.75) is 5.16 Å². The molecule has 0 fully saturated rings. The number of aromatic nitrogens is 2. The fourth-order valence-electron chi connectivity index (χ4n) is 2.90. The van der Waals surface area contributed by atoms with Crippen LogP contribution in [0.5, 0.6) is 0 Å². The minimum Gasteiger partial charge on any atom is -0.324 e. The van der Waals surface area contributed by atoms with Gasteiger partial charge >= 0.3 is 0 Å². The summed E-state index contributed by atoms with van der Waals surface area (Å²) < 4.78 is 1.99. The molecule has 0 bridgehead atoms. The van der Waals surface area contributed by atoms with Gasteiger partial charge in [0, 0.05) is 22.5 Å². The van der Waals surface area contributed by atoms with Crippen LogP contribution in [0.25, 0.3) is 16.9 Å². The van der Waals surface area contributed by atoms with Crippen LogP contribution in [-0.2, 0) is 4.79 Å². The highest BCUT2D eigenvalue weighted by Crippen LogP contribution is 2.29. The van der Waals surface area contributed by atoms with Crippen molar-refractivity contribution in [3.05, 3.63) is 95.1 Å². The molecule has 0 aliphatic carbocycles. The third-order valence-electron chi connectivity index (χ3n) is 4.31. The molecule has 4 rings (SSSR count). The Morgan fingerprint density at radius 2 is 1.67 bits per heavy atom. The fraction of sp³-hybridized carbons (Fsp3) is 0.0435. The largest absolute Gasteiger partial charge is 0.324 e. The first kappa shape index (κ1) is 20.5. The third-order valence-corrected chi connectivity index (χ3v) is 5.83. The van der Waals surface area contributed by atoms with E-state index in [-0.39, 0.29) is 11.7 Å². The Balaban J connectivity index is 1.56. The molecule has 0 atom stereocenters. The number of amides is 1. The second-order valence-corrected chi connectivity index (χ2v) is 8.23. The predicted octanol–water partition coefficient (Wildman–Crippen LogP) is 6.58. The number of halogens is 2. The van der Waals surface area contributed by atoms with Gasteiger partial charge in [-0.05, 0) is 30.3 Å². The smallest absolute Gasteiger partial charge is 0.234 e. The SMILES string of the molecule is O=C(CSc1nc(-c2ccccc2)cn1-c1ccccc1)Nc1cc(Cl)ccc1Cl. The first-order valence-corrected chi connectivity index (χ1v) is 10.9. The lowest BCUT2D eigenvalue weighted by molar-refractivity contribution is -0.113. The topological polar surface area (TPSA) is 46.9 Å². The van der Waals surface area contributed by atoms with Crippen molar-refractivity contribution in [2.24, 2.45) is 0 Å². The molecule has 1 heterocycles. The van der Waals surface area contributed by atoms with E-state index in [4.69, 9.17) is 28.2 Å². The molecular weight excluding hydrogens is 437 g/mol. The Morgan fingerprint density at radius 1 is 0.967 bits per heavy atom. The predicted molar refractivity (Wildman–Crippen MR) is 125 cm³/mol. The van der Waals surface area contributed by atoms with E-state index in [0.717, 1.165) is 22.1 Å². The van der Waals surface area contributed by atoms with E-state index in [0.29, 0.717) is 15.7 Å². The van der Waals surface area contributed by atoms with Crippen LogP contribution in [0, 0.1) is 0 Å². The Bertz CT molecular complexity index is 1160. The summed E-state index contributed by atoms with van der Waals surface area (Å²) in [6, 6.07) is 24.8. The van der Waals surface area contributed by atoms with Gasteiger partial charge < -0.3 is 5.32 Å². The standard InChI is InChI=1S/C23H17Cl2N3OS/c24-17-11-12-19(25)20(13-17)26-22(29)15-30-23-27-21(16-7-3-1-4-8-16)14-28(23)18-9-5-2-6-10-18/h1-14H,15H2,(H,26,29). The van der Waals surface area contributed by atoms with Crippen molar-refractivity contribution in [1.29, 1.82) is 0 Å². The summed E-state index contributed by atoms with van der Waals surface area (Å²) in [4.78, 5) is 17.3. The number of carbonyl (C=O) groups excluding carboxylic acids is 1. The Kier molecular flexibility index (Phi) is 6.43. The van der Waals surface area contributed by atoms with E-state index in [1.165, 1.54) is 11.8 Å². The number of hydrogen-bond donors (Lipinski definition) is 1. The molecule has 0 saturated heterocycles. The minimum absolute atomic E-state index is 0.181. The van der Waals surface area contributed by atoms with E-state index < -0.39 is 0 Å². The summed E-state index contributed by atoms with van der Waals surface area (Å²) in [7, 11) is 0. The summed E-state index contributed by atoms with van der Waals surface area (Å²) in [5.74, 6) is -0.00553. The average Bonchev–Trinajstić information content (AvgIpc) is 3.20. The van der Waals surface area contributed by atoms with Gasteiger partial charge in [-0.1, -0.05) is 83.5 Å². The average molecular weight is 454 g/mol. The quantitative estimate of drug-likeness (QED) is 0.335. The Morgan fingerprint density at radius 3 is 2.40 bits per heavy atom. The molecule has 1 aromatic heterocycles. The number of carbonyl (C=O) groups is 1. The molecule has 0 unspecified atom stereocenters. The lowest BCUT2D eigenvalue weighted by Gasteiger charge is -2.09. The number of benzene rings is 3. The zero-order valence-electron chi connectivity index (χ0n) is 15.8. The van der Waals surface area contributed by atoms with Gasteiger partial charge in [0.05, 0.1) is 22.2 Å². The van der Waals surface area contributed by atoms with Gasteiger partial charge in [0.1, 0.15) is 0 Å². The third kappa shape index (κ3) is 4.87. The van der Waals surface area contributed by atoms with Gasteiger partial charge in [-0.15, -0.1) is 0 Å². The lowest BCUT2D eigenvalue weighted by Crippen LogP contribution is -2.14. The summed E-state index contributed by atoms with van der Waals surface area (Å²) in [6.45, 7) is 0. The molecule has 7 heteroatoms. The van der Waals surface area contributed by atoms with Crippen LogP contribution in [0.2, 0.25) is 10.0 Å². The van der Waals surface area contributed by atoms with Crippen molar-refractivity contribution < 1.29 is 4.79 Å². The second kappa shape index (κ2) is 9.39. The fourth-order valence-corrected chi connectivity index (χ4v) is 4.03. The maximum absolute atomic E-state index is 12.5. The number of anilines is 1. The number of hydrogen-bond acceptors (Lipinski definition) is 3.